The van der Waals surface area contributed by atoms with E-state index in [0.717, 1.165) is 22.5 Å². The summed E-state index contributed by atoms with van der Waals surface area (Å²) >= 11 is 5.87. The molecule has 0 unspecified atom stereocenters. The normalized spacial score (nSPS) is 9.17. The molecular weight excluding hydrogens is 464 g/mol. The summed E-state index contributed by atoms with van der Waals surface area (Å²) in [5.74, 6) is 10.7. The minimum absolute atomic E-state index is 0.384. The molecule has 0 amide bonds. The van der Waals surface area contributed by atoms with Crippen LogP contribution in [0, 0.1) is 23.7 Å². The van der Waals surface area contributed by atoms with Gasteiger partial charge in [0.05, 0.1) is 31.0 Å². The number of anilines is 3. The Kier molecular flexibility index (Phi) is 10.2. The first kappa shape index (κ1) is 26.9. The van der Waals surface area contributed by atoms with Gasteiger partial charge in [0.2, 0.25) is 0 Å². The second-order valence-electron chi connectivity index (χ2n) is 6.93. The van der Waals surface area contributed by atoms with E-state index in [2.05, 4.69) is 33.7 Å². The third-order valence-corrected chi connectivity index (χ3v) is 4.81. The minimum atomic E-state index is -0.396. The highest BCUT2D eigenvalue weighted by Gasteiger charge is 2.09. The molecule has 0 saturated carbocycles. The summed E-state index contributed by atoms with van der Waals surface area (Å²) in [6.45, 7) is 3.49. The first-order chi connectivity index (χ1) is 16.8. The van der Waals surface area contributed by atoms with Gasteiger partial charge in [-0.3, -0.25) is 0 Å². The van der Waals surface area contributed by atoms with Gasteiger partial charge >= 0.3 is 11.9 Å². The summed E-state index contributed by atoms with van der Waals surface area (Å²) in [6, 6.07) is 17.4. The maximum absolute atomic E-state index is 11.6. The lowest BCUT2D eigenvalue weighted by Crippen LogP contribution is -2.03. The molecule has 3 rings (SSSR count). The van der Waals surface area contributed by atoms with Crippen LogP contribution in [0.5, 0.6) is 0 Å². The van der Waals surface area contributed by atoms with Gasteiger partial charge in [0.25, 0.3) is 0 Å². The van der Waals surface area contributed by atoms with E-state index < -0.39 is 5.97 Å². The molecule has 0 heterocycles. The highest BCUT2D eigenvalue weighted by Crippen LogP contribution is 2.24. The van der Waals surface area contributed by atoms with E-state index in [-0.39, 0.29) is 5.97 Å². The fourth-order valence-corrected chi connectivity index (χ4v) is 3.01. The number of nitrogens with one attached hydrogen (secondary N) is 1. The van der Waals surface area contributed by atoms with Gasteiger partial charge in [-0.15, -0.1) is 11.8 Å². The lowest BCUT2D eigenvalue weighted by Gasteiger charge is -2.10. The van der Waals surface area contributed by atoms with Gasteiger partial charge in [-0.2, -0.15) is 0 Å². The molecule has 0 radical (unpaired) electrons. The summed E-state index contributed by atoms with van der Waals surface area (Å²) in [5, 5.41) is 3.90. The molecule has 0 atom stereocenters. The van der Waals surface area contributed by atoms with Gasteiger partial charge in [-0.1, -0.05) is 23.4 Å². The smallest absolute Gasteiger partial charge is 0.337 e. The zero-order chi connectivity index (χ0) is 25.8. The predicted octanol–water partition coefficient (Wildman–Crippen LogP) is 5.67. The van der Waals surface area contributed by atoms with Crippen LogP contribution in [0.25, 0.3) is 0 Å². The summed E-state index contributed by atoms with van der Waals surface area (Å²) in [5.41, 5.74) is 10.2. The molecule has 0 aliphatic heterocycles. The van der Waals surface area contributed by atoms with Gasteiger partial charge in [0.15, 0.2) is 0 Å². The Labute approximate surface area is 210 Å². The van der Waals surface area contributed by atoms with Crippen LogP contribution >= 0.6 is 11.6 Å². The van der Waals surface area contributed by atoms with Crippen LogP contribution in [-0.2, 0) is 9.47 Å². The lowest BCUT2D eigenvalue weighted by atomic mass is 10.1. The number of ether oxygens (including phenoxy) is 2. The predicted molar refractivity (Wildman–Crippen MR) is 140 cm³/mol. The fraction of sp³-hybridized carbons (Fsp3) is 0.143. The van der Waals surface area contributed by atoms with Gasteiger partial charge in [0.1, 0.15) is 0 Å². The SMILES string of the molecule is CC#Cc1ccc(C(=O)OC)cc1N.CC#Cc1ccc(C(=O)OC)cc1Nc1ccc(Cl)cc1. The van der Waals surface area contributed by atoms with Crippen LogP contribution in [0.2, 0.25) is 5.02 Å². The van der Waals surface area contributed by atoms with Crippen molar-refractivity contribution < 1.29 is 19.1 Å². The van der Waals surface area contributed by atoms with Crippen molar-refractivity contribution in [3.8, 4) is 23.7 Å². The standard InChI is InChI=1S/C17H14ClNO2.C11H11NO2/c1-3-4-12-5-6-13(17(20)21-2)11-16(12)19-15-9-7-14(18)8-10-15;1-3-4-8-5-6-9(7-10(8)12)11(13)14-2/h5-11,19H,1-2H3;5-7H,12H2,1-2H3. The highest BCUT2D eigenvalue weighted by molar-refractivity contribution is 6.30. The lowest BCUT2D eigenvalue weighted by molar-refractivity contribution is 0.0592. The number of methoxy groups -OCH3 is 2. The van der Waals surface area contributed by atoms with E-state index in [1.807, 2.05) is 12.1 Å². The molecule has 35 heavy (non-hydrogen) atoms. The van der Waals surface area contributed by atoms with Crippen LogP contribution < -0.4 is 11.1 Å². The molecule has 3 aromatic rings. The van der Waals surface area contributed by atoms with E-state index in [9.17, 15) is 9.59 Å². The van der Waals surface area contributed by atoms with Crippen molar-refractivity contribution in [3.63, 3.8) is 0 Å². The van der Waals surface area contributed by atoms with E-state index in [0.29, 0.717) is 21.8 Å². The number of nitrogens with two attached hydrogens (primary N) is 1. The number of hydrogen-bond acceptors (Lipinski definition) is 6. The fourth-order valence-electron chi connectivity index (χ4n) is 2.88. The maximum atomic E-state index is 11.6. The third kappa shape index (κ3) is 7.85. The van der Waals surface area contributed by atoms with Gasteiger partial charge in [-0.25, -0.2) is 9.59 Å². The molecule has 7 heteroatoms. The maximum Gasteiger partial charge on any atom is 0.337 e. The zero-order valence-electron chi connectivity index (χ0n) is 19.9. The van der Waals surface area contributed by atoms with Crippen molar-refractivity contribution in [2.75, 3.05) is 25.3 Å². The molecule has 0 aliphatic carbocycles. The second kappa shape index (κ2) is 13.3. The summed E-state index contributed by atoms with van der Waals surface area (Å²) in [4.78, 5) is 22.7. The van der Waals surface area contributed by atoms with Gasteiger partial charge < -0.3 is 20.5 Å². The summed E-state index contributed by atoms with van der Waals surface area (Å²) < 4.78 is 9.30. The Bertz CT molecular complexity index is 1330. The van der Waals surface area contributed by atoms with E-state index >= 15 is 0 Å². The number of halogens is 1. The first-order valence-corrected chi connectivity index (χ1v) is 10.8. The number of carbonyl (C=O) groups excluding carboxylic acids is 2. The molecule has 3 N–H and O–H groups in total. The van der Waals surface area contributed by atoms with E-state index in [1.54, 1.807) is 62.4 Å². The topological polar surface area (TPSA) is 90.7 Å². The quantitative estimate of drug-likeness (QED) is 0.279. The molecule has 0 saturated heterocycles. The molecule has 3 aromatic carbocycles. The largest absolute Gasteiger partial charge is 0.465 e. The van der Waals surface area contributed by atoms with E-state index in [1.165, 1.54) is 14.2 Å². The highest BCUT2D eigenvalue weighted by atomic mass is 35.5. The molecule has 0 spiro atoms. The van der Waals surface area contributed by atoms with Crippen molar-refractivity contribution >= 4 is 40.6 Å². The number of esters is 2. The molecule has 178 valence electrons. The molecular formula is C28H25ClN2O4. The number of carbonyl (C=O) groups is 2. The number of rotatable bonds is 4. The summed E-state index contributed by atoms with van der Waals surface area (Å²) in [7, 11) is 2.69. The van der Waals surface area contributed by atoms with Crippen molar-refractivity contribution in [3.05, 3.63) is 87.9 Å². The van der Waals surface area contributed by atoms with Crippen molar-refractivity contribution in [1.82, 2.24) is 0 Å². The molecule has 0 aliphatic rings. The average molecular weight is 489 g/mol. The number of hydrogen-bond donors (Lipinski definition) is 2. The Morgan fingerprint density at radius 1 is 0.800 bits per heavy atom. The second-order valence-corrected chi connectivity index (χ2v) is 7.36. The molecule has 0 bridgehead atoms. The van der Waals surface area contributed by atoms with Crippen molar-refractivity contribution in [1.29, 1.82) is 0 Å². The number of benzene rings is 3. The van der Waals surface area contributed by atoms with Crippen molar-refractivity contribution in [2.24, 2.45) is 0 Å². The van der Waals surface area contributed by atoms with Crippen LogP contribution in [0.1, 0.15) is 45.7 Å². The van der Waals surface area contributed by atoms with Gasteiger partial charge in [0, 0.05) is 27.5 Å². The third-order valence-electron chi connectivity index (χ3n) is 4.56. The van der Waals surface area contributed by atoms with Crippen LogP contribution in [0.3, 0.4) is 0 Å². The Balaban J connectivity index is 0.000000269. The van der Waals surface area contributed by atoms with Crippen LogP contribution in [0.15, 0.2) is 60.7 Å². The Morgan fingerprint density at radius 2 is 1.31 bits per heavy atom. The first-order valence-electron chi connectivity index (χ1n) is 10.4. The molecule has 0 fully saturated rings. The van der Waals surface area contributed by atoms with Gasteiger partial charge in [-0.05, 0) is 74.5 Å². The average Bonchev–Trinajstić information content (AvgIpc) is 2.87. The summed E-state index contributed by atoms with van der Waals surface area (Å²) in [6.07, 6.45) is 0. The monoisotopic (exact) mass is 488 g/mol. The van der Waals surface area contributed by atoms with Crippen LogP contribution in [-0.4, -0.2) is 26.2 Å². The van der Waals surface area contributed by atoms with E-state index in [4.69, 9.17) is 22.1 Å². The Hall–Kier alpha value is -4.39. The van der Waals surface area contributed by atoms with Crippen LogP contribution in [0.4, 0.5) is 17.1 Å². The number of nitrogen functional groups attached to an aromatic ring is 1. The molecule has 0 aromatic heterocycles. The molecule has 6 nitrogen and oxygen atoms in total. The van der Waals surface area contributed by atoms with Crippen molar-refractivity contribution in [2.45, 2.75) is 13.8 Å². The minimum Gasteiger partial charge on any atom is -0.465 e. The Morgan fingerprint density at radius 3 is 1.83 bits per heavy atom. The zero-order valence-corrected chi connectivity index (χ0v) is 20.6.